The van der Waals surface area contributed by atoms with Crippen molar-refractivity contribution in [3.05, 3.63) is 71.1 Å². The summed E-state index contributed by atoms with van der Waals surface area (Å²) < 4.78 is 39.9. The van der Waals surface area contributed by atoms with Gasteiger partial charge in [0.2, 0.25) is 0 Å². The molecule has 1 aromatic heterocycles. The van der Waals surface area contributed by atoms with Gasteiger partial charge in [0.05, 0.1) is 6.20 Å². The molecule has 3 aromatic rings. The molecule has 0 amide bonds. The molecule has 0 unspecified atom stereocenters. The van der Waals surface area contributed by atoms with Crippen LogP contribution < -0.4 is 14.8 Å². The van der Waals surface area contributed by atoms with E-state index in [9.17, 15) is 8.78 Å². The van der Waals surface area contributed by atoms with Gasteiger partial charge in [-0.2, -0.15) is 5.10 Å². The minimum Gasteiger partial charge on any atom is -0.486 e. The Labute approximate surface area is 161 Å². The van der Waals surface area contributed by atoms with Gasteiger partial charge in [0.25, 0.3) is 0 Å². The maximum absolute atomic E-state index is 14.1. The van der Waals surface area contributed by atoms with Crippen molar-refractivity contribution >= 4 is 0 Å². The molecule has 2 aromatic carbocycles. The summed E-state index contributed by atoms with van der Waals surface area (Å²) in [6, 6.07) is 9.35. The third kappa shape index (κ3) is 3.57. The van der Waals surface area contributed by atoms with Gasteiger partial charge in [-0.15, -0.1) is 0 Å². The van der Waals surface area contributed by atoms with Gasteiger partial charge >= 0.3 is 0 Å². The molecule has 146 valence electrons. The molecule has 4 rings (SSSR count). The van der Waals surface area contributed by atoms with Crippen LogP contribution in [0.4, 0.5) is 8.78 Å². The molecule has 1 aliphatic heterocycles. The Kier molecular flexibility index (Phi) is 5.00. The fraction of sp³-hybridized carbons (Fsp3) is 0.286. The van der Waals surface area contributed by atoms with Gasteiger partial charge in [0.15, 0.2) is 17.3 Å². The van der Waals surface area contributed by atoms with E-state index in [0.717, 1.165) is 34.4 Å². The molecule has 0 saturated carbocycles. The smallest absolute Gasteiger partial charge is 0.161 e. The molecule has 28 heavy (non-hydrogen) atoms. The zero-order chi connectivity index (χ0) is 19.7. The van der Waals surface area contributed by atoms with Crippen LogP contribution >= 0.6 is 0 Å². The molecule has 0 bridgehead atoms. The van der Waals surface area contributed by atoms with E-state index in [1.165, 1.54) is 16.8 Å². The number of aromatic nitrogens is 2. The molecule has 0 spiro atoms. The predicted octanol–water partition coefficient (Wildman–Crippen LogP) is 4.08. The summed E-state index contributed by atoms with van der Waals surface area (Å²) in [7, 11) is 0. The Bertz CT molecular complexity index is 1000. The Morgan fingerprint density at radius 2 is 1.89 bits per heavy atom. The van der Waals surface area contributed by atoms with Crippen LogP contribution in [0.3, 0.4) is 0 Å². The fourth-order valence-corrected chi connectivity index (χ4v) is 3.32. The van der Waals surface area contributed by atoms with Gasteiger partial charge in [-0.25, -0.2) is 13.5 Å². The van der Waals surface area contributed by atoms with Crippen molar-refractivity contribution in [2.75, 3.05) is 13.2 Å². The topological polar surface area (TPSA) is 48.3 Å². The number of hydrogen-bond acceptors (Lipinski definition) is 4. The number of halogens is 2. The van der Waals surface area contributed by atoms with Crippen molar-refractivity contribution < 1.29 is 18.3 Å². The highest BCUT2D eigenvalue weighted by Crippen LogP contribution is 2.31. The number of nitrogens with zero attached hydrogens (tertiary/aromatic N) is 2. The van der Waals surface area contributed by atoms with Crippen LogP contribution in [0.25, 0.3) is 5.69 Å². The lowest BCUT2D eigenvalue weighted by molar-refractivity contribution is 0.171. The molecule has 0 saturated heterocycles. The second-order valence-corrected chi connectivity index (χ2v) is 6.77. The minimum absolute atomic E-state index is 0.00883. The van der Waals surface area contributed by atoms with Crippen LogP contribution in [0, 0.1) is 18.6 Å². The van der Waals surface area contributed by atoms with Gasteiger partial charge in [-0.3, -0.25) is 0 Å². The van der Waals surface area contributed by atoms with Crippen LogP contribution in [0.5, 0.6) is 11.5 Å². The lowest BCUT2D eigenvalue weighted by Crippen LogP contribution is -2.19. The van der Waals surface area contributed by atoms with Crippen LogP contribution in [0.15, 0.2) is 42.6 Å². The highest BCUT2D eigenvalue weighted by Gasteiger charge is 2.17. The molecule has 1 atom stereocenters. The average Bonchev–Trinajstić information content (AvgIpc) is 3.07. The van der Waals surface area contributed by atoms with Crippen molar-refractivity contribution in [1.82, 2.24) is 15.1 Å². The van der Waals surface area contributed by atoms with Gasteiger partial charge in [-0.05, 0) is 43.7 Å². The van der Waals surface area contributed by atoms with Crippen molar-refractivity contribution in [2.45, 2.75) is 26.4 Å². The number of rotatable bonds is 5. The number of hydrogen-bond donors (Lipinski definition) is 1. The maximum atomic E-state index is 14.1. The van der Waals surface area contributed by atoms with Crippen LogP contribution in [-0.2, 0) is 6.54 Å². The number of ether oxygens (including phenoxy) is 2. The highest BCUT2D eigenvalue weighted by atomic mass is 19.1. The molecule has 1 aliphatic rings. The monoisotopic (exact) mass is 385 g/mol. The van der Waals surface area contributed by atoms with Gasteiger partial charge in [-0.1, -0.05) is 6.07 Å². The first-order valence-corrected chi connectivity index (χ1v) is 9.15. The van der Waals surface area contributed by atoms with E-state index in [2.05, 4.69) is 10.4 Å². The van der Waals surface area contributed by atoms with Gasteiger partial charge < -0.3 is 14.8 Å². The molecule has 7 heteroatoms. The second-order valence-electron chi connectivity index (χ2n) is 6.77. The molecule has 2 heterocycles. The Morgan fingerprint density at radius 1 is 1.11 bits per heavy atom. The highest BCUT2D eigenvalue weighted by molar-refractivity contribution is 5.44. The molecule has 0 radical (unpaired) electrons. The number of benzene rings is 2. The zero-order valence-electron chi connectivity index (χ0n) is 15.7. The third-order valence-corrected chi connectivity index (χ3v) is 4.87. The molecule has 5 nitrogen and oxygen atoms in total. The molecule has 0 fully saturated rings. The van der Waals surface area contributed by atoms with E-state index in [0.29, 0.717) is 19.8 Å². The van der Waals surface area contributed by atoms with E-state index in [-0.39, 0.29) is 11.7 Å². The van der Waals surface area contributed by atoms with Crippen LogP contribution in [0.2, 0.25) is 0 Å². The third-order valence-electron chi connectivity index (χ3n) is 4.87. The van der Waals surface area contributed by atoms with Gasteiger partial charge in [0.1, 0.15) is 24.7 Å². The first-order chi connectivity index (χ1) is 13.5. The number of fused-ring (bicyclic) bond motifs is 1. The summed E-state index contributed by atoms with van der Waals surface area (Å²) >= 11 is 0. The van der Waals surface area contributed by atoms with Crippen molar-refractivity contribution in [3.8, 4) is 17.2 Å². The minimum atomic E-state index is -0.644. The van der Waals surface area contributed by atoms with Crippen molar-refractivity contribution in [1.29, 1.82) is 0 Å². The maximum Gasteiger partial charge on any atom is 0.161 e. The van der Waals surface area contributed by atoms with Gasteiger partial charge in [0, 0.05) is 29.9 Å². The van der Waals surface area contributed by atoms with E-state index < -0.39 is 11.6 Å². The van der Waals surface area contributed by atoms with Crippen molar-refractivity contribution in [3.63, 3.8) is 0 Å². The average molecular weight is 385 g/mol. The fourth-order valence-electron chi connectivity index (χ4n) is 3.32. The Hall–Kier alpha value is -2.93. The summed E-state index contributed by atoms with van der Waals surface area (Å²) in [6.07, 6.45) is 1.71. The molecule has 0 aliphatic carbocycles. The standard InChI is InChI=1S/C21H21F2N3O2/c1-13(24-11-15-3-6-20-21(9-15)28-8-7-27-20)17-12-25-26(14(17)2)19-5-4-16(22)10-18(19)23/h3-6,9-10,12-13,24H,7-8,11H2,1-2H3/t13-/m0/s1. The van der Waals surface area contributed by atoms with E-state index in [1.807, 2.05) is 32.0 Å². The lowest BCUT2D eigenvalue weighted by atomic mass is 10.1. The first kappa shape index (κ1) is 18.4. The first-order valence-electron chi connectivity index (χ1n) is 9.15. The summed E-state index contributed by atoms with van der Waals surface area (Å²) in [6.45, 7) is 5.65. The molecule has 1 N–H and O–H groups in total. The molecular weight excluding hydrogens is 364 g/mol. The van der Waals surface area contributed by atoms with E-state index >= 15 is 0 Å². The summed E-state index contributed by atoms with van der Waals surface area (Å²) in [4.78, 5) is 0. The summed E-state index contributed by atoms with van der Waals surface area (Å²) in [5.74, 6) is 0.269. The van der Waals surface area contributed by atoms with Crippen molar-refractivity contribution in [2.24, 2.45) is 0 Å². The lowest BCUT2D eigenvalue weighted by Gasteiger charge is -2.19. The normalized spacial score (nSPS) is 14.1. The SMILES string of the molecule is Cc1c([C@H](C)NCc2ccc3c(c2)OCCO3)cnn1-c1ccc(F)cc1F. The summed E-state index contributed by atoms with van der Waals surface area (Å²) in [5.41, 5.74) is 3.05. The van der Waals surface area contributed by atoms with Crippen LogP contribution in [0.1, 0.15) is 29.8 Å². The Balaban J connectivity index is 1.48. The Morgan fingerprint density at radius 3 is 2.68 bits per heavy atom. The predicted molar refractivity (Wildman–Crippen MR) is 101 cm³/mol. The quantitative estimate of drug-likeness (QED) is 0.719. The number of nitrogens with one attached hydrogen (secondary N) is 1. The second kappa shape index (κ2) is 7.59. The largest absolute Gasteiger partial charge is 0.486 e. The summed E-state index contributed by atoms with van der Waals surface area (Å²) in [5, 5.41) is 7.74. The zero-order valence-corrected chi connectivity index (χ0v) is 15.7. The van der Waals surface area contributed by atoms with E-state index in [1.54, 1.807) is 6.20 Å². The van der Waals surface area contributed by atoms with E-state index in [4.69, 9.17) is 9.47 Å². The van der Waals surface area contributed by atoms with Crippen LogP contribution in [-0.4, -0.2) is 23.0 Å². The molecular formula is C21H21F2N3O2.